The van der Waals surface area contributed by atoms with E-state index in [2.05, 4.69) is 5.32 Å². The van der Waals surface area contributed by atoms with E-state index in [0.717, 1.165) is 5.69 Å². The quantitative estimate of drug-likeness (QED) is 0.538. The van der Waals surface area contributed by atoms with Crippen molar-refractivity contribution in [3.05, 3.63) is 60.2 Å². The Labute approximate surface area is 192 Å². The van der Waals surface area contributed by atoms with Crippen LogP contribution in [0.5, 0.6) is 0 Å². The average Bonchev–Trinajstić information content (AvgIpc) is 3.13. The van der Waals surface area contributed by atoms with Gasteiger partial charge in [-0.15, -0.1) is 0 Å². The Kier molecular flexibility index (Phi) is 6.84. The number of rotatable bonds is 6. The topological polar surface area (TPSA) is 96.0 Å². The van der Waals surface area contributed by atoms with E-state index in [1.807, 2.05) is 35.2 Å². The Morgan fingerprint density at radius 3 is 2.30 bits per heavy atom. The number of likely N-dealkylation sites (tertiary alicyclic amines) is 1. The molecule has 2 fully saturated rings. The molecule has 0 bridgehead atoms. The summed E-state index contributed by atoms with van der Waals surface area (Å²) in [4.78, 5) is 53.3. The third-order valence-electron chi connectivity index (χ3n) is 6.14. The molecule has 8 heteroatoms. The number of benzene rings is 2. The van der Waals surface area contributed by atoms with Gasteiger partial charge in [-0.05, 0) is 69.3 Å². The summed E-state index contributed by atoms with van der Waals surface area (Å²) < 4.78 is 4.97. The number of piperidine rings is 1. The molecule has 2 aromatic rings. The summed E-state index contributed by atoms with van der Waals surface area (Å²) in [5.74, 6) is -1.12. The van der Waals surface area contributed by atoms with E-state index in [9.17, 15) is 19.2 Å². The number of carbonyl (C=O) groups is 4. The zero-order valence-corrected chi connectivity index (χ0v) is 18.5. The standard InChI is InChI=1S/C25H27N3O5/c1-2-33-25(32)18-8-10-20(11-9-18)28-22(29)16-21(24(28)31)27-14-12-17(13-15-27)23(30)26-19-6-4-3-5-7-19/h3-11,17,21H,2,12-16H2,1H3,(H,26,30)/t21-/m0/s1. The van der Waals surface area contributed by atoms with Crippen molar-refractivity contribution in [2.75, 3.05) is 29.9 Å². The highest BCUT2D eigenvalue weighted by atomic mass is 16.5. The first kappa shape index (κ1) is 22.7. The van der Waals surface area contributed by atoms with Crippen molar-refractivity contribution < 1.29 is 23.9 Å². The number of amides is 3. The maximum absolute atomic E-state index is 13.1. The molecule has 2 saturated heterocycles. The number of nitrogens with one attached hydrogen (secondary N) is 1. The van der Waals surface area contributed by atoms with Gasteiger partial charge in [-0.3, -0.25) is 19.3 Å². The van der Waals surface area contributed by atoms with E-state index in [4.69, 9.17) is 4.74 Å². The molecule has 0 aromatic heterocycles. The zero-order valence-electron chi connectivity index (χ0n) is 18.5. The van der Waals surface area contributed by atoms with Crippen LogP contribution >= 0.6 is 0 Å². The van der Waals surface area contributed by atoms with Gasteiger partial charge in [0.05, 0.1) is 30.3 Å². The van der Waals surface area contributed by atoms with E-state index in [1.165, 1.54) is 4.90 Å². The fourth-order valence-corrected chi connectivity index (χ4v) is 4.37. The van der Waals surface area contributed by atoms with Crippen LogP contribution in [0.4, 0.5) is 11.4 Å². The van der Waals surface area contributed by atoms with Crippen molar-refractivity contribution in [1.82, 2.24) is 4.90 Å². The summed E-state index contributed by atoms with van der Waals surface area (Å²) >= 11 is 0. The van der Waals surface area contributed by atoms with Crippen LogP contribution in [0, 0.1) is 5.92 Å². The van der Waals surface area contributed by atoms with Gasteiger partial charge in [0.1, 0.15) is 0 Å². The summed E-state index contributed by atoms with van der Waals surface area (Å²) in [5.41, 5.74) is 1.58. The molecule has 1 N–H and O–H groups in total. The van der Waals surface area contributed by atoms with Gasteiger partial charge in [-0.2, -0.15) is 0 Å². The van der Waals surface area contributed by atoms with E-state index in [1.54, 1.807) is 31.2 Å². The molecule has 2 aliphatic heterocycles. The Bertz CT molecular complexity index is 1030. The minimum absolute atomic E-state index is 0.0157. The first-order valence-corrected chi connectivity index (χ1v) is 11.2. The van der Waals surface area contributed by atoms with Crippen LogP contribution < -0.4 is 10.2 Å². The van der Waals surface area contributed by atoms with Crippen molar-refractivity contribution in [2.24, 2.45) is 5.92 Å². The number of hydrogen-bond donors (Lipinski definition) is 1. The smallest absolute Gasteiger partial charge is 0.338 e. The molecule has 0 unspecified atom stereocenters. The molecule has 8 nitrogen and oxygen atoms in total. The van der Waals surface area contributed by atoms with Crippen LogP contribution in [-0.4, -0.2) is 54.3 Å². The van der Waals surface area contributed by atoms with E-state index in [0.29, 0.717) is 37.2 Å². The van der Waals surface area contributed by atoms with Gasteiger partial charge in [-0.25, -0.2) is 9.69 Å². The number of esters is 1. The summed E-state index contributed by atoms with van der Waals surface area (Å²) in [6.07, 6.45) is 1.37. The number of ether oxygens (including phenoxy) is 1. The number of carbonyl (C=O) groups excluding carboxylic acids is 4. The van der Waals surface area contributed by atoms with Crippen molar-refractivity contribution in [2.45, 2.75) is 32.2 Å². The van der Waals surface area contributed by atoms with Gasteiger partial charge in [0, 0.05) is 11.6 Å². The number of hydrogen-bond acceptors (Lipinski definition) is 6. The molecule has 0 saturated carbocycles. The number of nitrogens with zero attached hydrogens (tertiary/aromatic N) is 2. The molecule has 33 heavy (non-hydrogen) atoms. The van der Waals surface area contributed by atoms with Crippen LogP contribution in [-0.2, 0) is 19.1 Å². The van der Waals surface area contributed by atoms with Gasteiger partial charge < -0.3 is 10.1 Å². The molecule has 2 heterocycles. The monoisotopic (exact) mass is 449 g/mol. The molecule has 2 aromatic carbocycles. The van der Waals surface area contributed by atoms with Crippen molar-refractivity contribution in [1.29, 1.82) is 0 Å². The summed E-state index contributed by atoms with van der Waals surface area (Å²) in [6.45, 7) is 3.15. The lowest BCUT2D eigenvalue weighted by Gasteiger charge is -2.34. The number of anilines is 2. The molecule has 0 radical (unpaired) electrons. The second kappa shape index (κ2) is 9.95. The van der Waals surface area contributed by atoms with Crippen molar-refractivity contribution in [3.63, 3.8) is 0 Å². The SMILES string of the molecule is CCOC(=O)c1ccc(N2C(=O)C[C@H](N3CCC(C(=O)Nc4ccccc4)CC3)C2=O)cc1. The second-order valence-electron chi connectivity index (χ2n) is 8.22. The lowest BCUT2D eigenvalue weighted by atomic mass is 9.94. The molecule has 172 valence electrons. The fourth-order valence-electron chi connectivity index (χ4n) is 4.37. The van der Waals surface area contributed by atoms with Crippen LogP contribution in [0.25, 0.3) is 0 Å². The lowest BCUT2D eigenvalue weighted by Crippen LogP contribution is -2.47. The highest BCUT2D eigenvalue weighted by Crippen LogP contribution is 2.29. The largest absolute Gasteiger partial charge is 0.462 e. The van der Waals surface area contributed by atoms with Gasteiger partial charge in [0.25, 0.3) is 5.91 Å². The third-order valence-corrected chi connectivity index (χ3v) is 6.14. The Morgan fingerprint density at radius 2 is 1.67 bits per heavy atom. The fraction of sp³-hybridized carbons (Fsp3) is 0.360. The van der Waals surface area contributed by atoms with Crippen LogP contribution in [0.1, 0.15) is 36.5 Å². The minimum Gasteiger partial charge on any atom is -0.462 e. The van der Waals surface area contributed by atoms with Crippen molar-refractivity contribution in [3.8, 4) is 0 Å². The molecular weight excluding hydrogens is 422 g/mol. The predicted molar refractivity (Wildman–Crippen MR) is 123 cm³/mol. The summed E-state index contributed by atoms with van der Waals surface area (Å²) in [6, 6.07) is 15.1. The first-order valence-electron chi connectivity index (χ1n) is 11.2. The Balaban J connectivity index is 1.35. The maximum Gasteiger partial charge on any atom is 0.338 e. The van der Waals surface area contributed by atoms with Crippen LogP contribution in [0.2, 0.25) is 0 Å². The molecular formula is C25H27N3O5. The molecule has 2 aliphatic rings. The van der Waals surface area contributed by atoms with E-state index < -0.39 is 12.0 Å². The Morgan fingerprint density at radius 1 is 1.00 bits per heavy atom. The maximum atomic E-state index is 13.1. The molecule has 4 rings (SSSR count). The second-order valence-corrected chi connectivity index (χ2v) is 8.22. The Hall–Kier alpha value is -3.52. The predicted octanol–water partition coefficient (Wildman–Crippen LogP) is 2.85. The third kappa shape index (κ3) is 4.96. The molecule has 0 aliphatic carbocycles. The highest BCUT2D eigenvalue weighted by molar-refractivity contribution is 6.22. The van der Waals surface area contributed by atoms with Crippen LogP contribution in [0.15, 0.2) is 54.6 Å². The van der Waals surface area contributed by atoms with Gasteiger partial charge in [-0.1, -0.05) is 18.2 Å². The minimum atomic E-state index is -0.527. The van der Waals surface area contributed by atoms with Crippen LogP contribution in [0.3, 0.4) is 0 Å². The average molecular weight is 450 g/mol. The van der Waals surface area contributed by atoms with E-state index >= 15 is 0 Å². The lowest BCUT2D eigenvalue weighted by molar-refractivity contribution is -0.123. The summed E-state index contributed by atoms with van der Waals surface area (Å²) in [7, 11) is 0. The normalized spacial score (nSPS) is 19.5. The van der Waals surface area contributed by atoms with Gasteiger partial charge in [0.2, 0.25) is 11.8 Å². The molecule has 1 atom stereocenters. The van der Waals surface area contributed by atoms with Gasteiger partial charge >= 0.3 is 5.97 Å². The molecule has 0 spiro atoms. The van der Waals surface area contributed by atoms with Crippen molar-refractivity contribution >= 4 is 35.1 Å². The number of imide groups is 1. The molecule has 3 amide bonds. The number of para-hydroxylation sites is 1. The first-order chi connectivity index (χ1) is 16.0. The zero-order chi connectivity index (χ0) is 23.4. The van der Waals surface area contributed by atoms with E-state index in [-0.39, 0.29) is 36.7 Å². The summed E-state index contributed by atoms with van der Waals surface area (Å²) in [5, 5.41) is 2.94. The van der Waals surface area contributed by atoms with Gasteiger partial charge in [0.15, 0.2) is 0 Å². The highest BCUT2D eigenvalue weighted by Gasteiger charge is 2.43.